The van der Waals surface area contributed by atoms with Crippen molar-refractivity contribution in [2.75, 3.05) is 12.8 Å². The Bertz CT molecular complexity index is 535. The summed E-state index contributed by atoms with van der Waals surface area (Å²) in [6.45, 7) is 1.70. The van der Waals surface area contributed by atoms with Crippen molar-refractivity contribution >= 4 is 22.7 Å². The molecule has 1 aromatic carbocycles. The van der Waals surface area contributed by atoms with Gasteiger partial charge >= 0.3 is 5.97 Å². The zero-order valence-corrected chi connectivity index (χ0v) is 9.04. The molecule has 2 rings (SSSR count). The average Bonchev–Trinajstić information content (AvgIpc) is 2.69. The highest BCUT2D eigenvalue weighted by Gasteiger charge is 2.18. The highest BCUT2D eigenvalue weighted by atomic mass is 16.5. The largest absolute Gasteiger partial charge is 0.467 e. The summed E-state index contributed by atoms with van der Waals surface area (Å²) in [5, 5.41) is 7.86. The third kappa shape index (κ3) is 1.58. The maximum absolute atomic E-state index is 11.4. The van der Waals surface area contributed by atoms with Crippen LogP contribution in [0.4, 0.5) is 5.69 Å². The number of nitrogens with zero attached hydrogens (tertiary/aromatic N) is 3. The maximum atomic E-state index is 11.4. The first kappa shape index (κ1) is 10.4. The molecule has 1 aromatic heterocycles. The number of carbonyl (C=O) groups is 1. The molecule has 6 nitrogen and oxygen atoms in total. The van der Waals surface area contributed by atoms with Gasteiger partial charge in [-0.3, -0.25) is 0 Å². The van der Waals surface area contributed by atoms with Crippen LogP contribution in [0.5, 0.6) is 0 Å². The van der Waals surface area contributed by atoms with Gasteiger partial charge in [-0.2, -0.15) is 0 Å². The Morgan fingerprint density at radius 1 is 1.56 bits per heavy atom. The van der Waals surface area contributed by atoms with Crippen LogP contribution < -0.4 is 5.73 Å². The lowest BCUT2D eigenvalue weighted by atomic mass is 10.2. The van der Waals surface area contributed by atoms with E-state index in [1.54, 1.807) is 25.1 Å². The summed E-state index contributed by atoms with van der Waals surface area (Å²) < 4.78 is 6.17. The molecule has 84 valence electrons. The minimum Gasteiger partial charge on any atom is -0.467 e. The van der Waals surface area contributed by atoms with E-state index in [1.165, 1.54) is 11.8 Å². The first-order valence-corrected chi connectivity index (χ1v) is 4.81. The van der Waals surface area contributed by atoms with Crippen molar-refractivity contribution in [1.82, 2.24) is 15.0 Å². The number of fused-ring (bicyclic) bond motifs is 1. The number of anilines is 1. The lowest BCUT2D eigenvalue weighted by molar-refractivity contribution is -0.144. The minimum atomic E-state index is -0.501. The number of hydrogen-bond donors (Lipinski definition) is 1. The summed E-state index contributed by atoms with van der Waals surface area (Å²) in [7, 11) is 1.34. The number of ether oxygens (including phenoxy) is 1. The van der Waals surface area contributed by atoms with Crippen molar-refractivity contribution in [3.8, 4) is 0 Å². The SMILES string of the molecule is COC(=O)C(C)n1nnc2cc(N)ccc21. The predicted octanol–water partition coefficient (Wildman–Crippen LogP) is 0.747. The molecule has 16 heavy (non-hydrogen) atoms. The molecular formula is C10H12N4O2. The van der Waals surface area contributed by atoms with Crippen LogP contribution in [0.2, 0.25) is 0 Å². The topological polar surface area (TPSA) is 83.0 Å². The van der Waals surface area contributed by atoms with Gasteiger partial charge in [0.2, 0.25) is 0 Å². The first-order valence-electron chi connectivity index (χ1n) is 4.81. The zero-order chi connectivity index (χ0) is 11.7. The van der Waals surface area contributed by atoms with Gasteiger partial charge in [-0.1, -0.05) is 5.21 Å². The molecule has 1 unspecified atom stereocenters. The Hall–Kier alpha value is -2.11. The summed E-state index contributed by atoms with van der Waals surface area (Å²) in [6.07, 6.45) is 0. The highest BCUT2D eigenvalue weighted by Crippen LogP contribution is 2.18. The second-order valence-electron chi connectivity index (χ2n) is 3.48. The molecule has 1 heterocycles. The van der Waals surface area contributed by atoms with E-state index in [4.69, 9.17) is 5.73 Å². The fourth-order valence-electron chi connectivity index (χ4n) is 1.52. The summed E-state index contributed by atoms with van der Waals surface area (Å²) in [4.78, 5) is 11.4. The monoisotopic (exact) mass is 220 g/mol. The molecule has 1 atom stereocenters. The van der Waals surface area contributed by atoms with Crippen LogP contribution in [0.3, 0.4) is 0 Å². The first-order chi connectivity index (χ1) is 7.63. The van der Waals surface area contributed by atoms with E-state index in [9.17, 15) is 4.79 Å². The van der Waals surface area contributed by atoms with Crippen LogP contribution >= 0.6 is 0 Å². The summed E-state index contributed by atoms with van der Waals surface area (Å²) in [5.74, 6) is -0.358. The van der Waals surface area contributed by atoms with E-state index >= 15 is 0 Å². The minimum absolute atomic E-state index is 0.358. The Morgan fingerprint density at radius 3 is 3.00 bits per heavy atom. The number of benzene rings is 1. The number of carbonyl (C=O) groups excluding carboxylic acids is 1. The molecule has 0 bridgehead atoms. The second-order valence-corrected chi connectivity index (χ2v) is 3.48. The quantitative estimate of drug-likeness (QED) is 0.596. The van der Waals surface area contributed by atoms with E-state index in [-0.39, 0.29) is 5.97 Å². The van der Waals surface area contributed by atoms with E-state index in [0.29, 0.717) is 11.2 Å². The van der Waals surface area contributed by atoms with E-state index < -0.39 is 6.04 Å². The molecule has 0 saturated heterocycles. The van der Waals surface area contributed by atoms with Crippen LogP contribution in [0.15, 0.2) is 18.2 Å². The summed E-state index contributed by atoms with van der Waals surface area (Å²) in [5.41, 5.74) is 7.66. The molecule has 0 spiro atoms. The Kier molecular flexibility index (Phi) is 2.47. The maximum Gasteiger partial charge on any atom is 0.330 e. The Labute approximate surface area is 92.0 Å². The number of hydrogen-bond acceptors (Lipinski definition) is 5. The molecule has 0 saturated carbocycles. The van der Waals surface area contributed by atoms with E-state index in [0.717, 1.165) is 5.52 Å². The number of nitrogen functional groups attached to an aromatic ring is 1. The van der Waals surface area contributed by atoms with Gasteiger partial charge in [-0.25, -0.2) is 9.48 Å². The van der Waals surface area contributed by atoms with Gasteiger partial charge < -0.3 is 10.5 Å². The lowest BCUT2D eigenvalue weighted by Gasteiger charge is -2.09. The van der Waals surface area contributed by atoms with Crippen molar-refractivity contribution in [3.05, 3.63) is 18.2 Å². The third-order valence-corrected chi connectivity index (χ3v) is 2.40. The van der Waals surface area contributed by atoms with Crippen molar-refractivity contribution in [1.29, 1.82) is 0 Å². The number of esters is 1. The van der Waals surface area contributed by atoms with Gasteiger partial charge in [0.25, 0.3) is 0 Å². The van der Waals surface area contributed by atoms with Crippen LogP contribution in [0, 0.1) is 0 Å². The molecule has 0 aliphatic heterocycles. The fraction of sp³-hybridized carbons (Fsp3) is 0.300. The van der Waals surface area contributed by atoms with E-state index in [1.807, 2.05) is 0 Å². The lowest BCUT2D eigenvalue weighted by Crippen LogP contribution is -2.18. The molecule has 2 aromatic rings. The molecule has 0 aliphatic rings. The van der Waals surface area contributed by atoms with Crippen LogP contribution in [0.25, 0.3) is 11.0 Å². The molecule has 0 radical (unpaired) electrons. The van der Waals surface area contributed by atoms with Gasteiger partial charge in [-0.05, 0) is 25.1 Å². The van der Waals surface area contributed by atoms with Crippen molar-refractivity contribution in [2.45, 2.75) is 13.0 Å². The third-order valence-electron chi connectivity index (χ3n) is 2.40. The Morgan fingerprint density at radius 2 is 2.31 bits per heavy atom. The molecule has 0 aliphatic carbocycles. The van der Waals surface area contributed by atoms with Gasteiger partial charge in [0.15, 0.2) is 0 Å². The molecule has 6 heteroatoms. The standard InChI is InChI=1S/C10H12N4O2/c1-6(10(15)16-2)14-9-4-3-7(11)5-8(9)12-13-14/h3-6H,11H2,1-2H3. The number of nitrogens with two attached hydrogens (primary N) is 1. The normalized spacial score (nSPS) is 12.6. The number of rotatable bonds is 2. The van der Waals surface area contributed by atoms with Gasteiger partial charge in [-0.15, -0.1) is 5.10 Å². The fourth-order valence-corrected chi connectivity index (χ4v) is 1.52. The Balaban J connectivity index is 2.50. The van der Waals surface area contributed by atoms with Crippen LogP contribution in [-0.2, 0) is 9.53 Å². The molecule has 0 fully saturated rings. The second kappa shape index (κ2) is 3.80. The molecule has 2 N–H and O–H groups in total. The average molecular weight is 220 g/mol. The number of aromatic nitrogens is 3. The van der Waals surface area contributed by atoms with Gasteiger partial charge in [0.05, 0.1) is 12.6 Å². The van der Waals surface area contributed by atoms with Gasteiger partial charge in [0.1, 0.15) is 11.6 Å². The van der Waals surface area contributed by atoms with Gasteiger partial charge in [0, 0.05) is 5.69 Å². The summed E-state index contributed by atoms with van der Waals surface area (Å²) in [6, 6.07) is 4.73. The predicted molar refractivity (Wildman–Crippen MR) is 58.7 cm³/mol. The van der Waals surface area contributed by atoms with Crippen molar-refractivity contribution in [3.63, 3.8) is 0 Å². The molecular weight excluding hydrogens is 208 g/mol. The summed E-state index contributed by atoms with van der Waals surface area (Å²) >= 11 is 0. The highest BCUT2D eigenvalue weighted by molar-refractivity contribution is 5.81. The number of methoxy groups -OCH3 is 1. The smallest absolute Gasteiger partial charge is 0.330 e. The van der Waals surface area contributed by atoms with E-state index in [2.05, 4.69) is 15.0 Å². The molecule has 0 amide bonds. The van der Waals surface area contributed by atoms with Crippen molar-refractivity contribution in [2.24, 2.45) is 0 Å². The van der Waals surface area contributed by atoms with Crippen molar-refractivity contribution < 1.29 is 9.53 Å². The van der Waals surface area contributed by atoms with Crippen LogP contribution in [-0.4, -0.2) is 28.1 Å². The zero-order valence-electron chi connectivity index (χ0n) is 9.04. The van der Waals surface area contributed by atoms with Crippen LogP contribution in [0.1, 0.15) is 13.0 Å².